The van der Waals surface area contributed by atoms with Crippen LogP contribution in [-0.2, 0) is 18.4 Å². The van der Waals surface area contributed by atoms with Crippen LogP contribution in [0.4, 0.5) is 4.39 Å². The highest BCUT2D eigenvalue weighted by molar-refractivity contribution is 5.72. The van der Waals surface area contributed by atoms with Crippen molar-refractivity contribution in [2.75, 3.05) is 13.1 Å². The number of carbonyl (C=O) groups is 1. The molecule has 23 heavy (non-hydrogen) atoms. The molecule has 1 aliphatic heterocycles. The highest BCUT2D eigenvalue weighted by Gasteiger charge is 2.38. The zero-order valence-corrected chi connectivity index (χ0v) is 13.1. The molecule has 2 unspecified atom stereocenters. The van der Waals surface area contributed by atoms with Gasteiger partial charge < -0.3 is 5.11 Å². The van der Waals surface area contributed by atoms with Crippen LogP contribution in [0, 0.1) is 18.7 Å². The Morgan fingerprint density at radius 1 is 1.43 bits per heavy atom. The second kappa shape index (κ2) is 6.08. The maximum atomic E-state index is 13.5. The molecule has 7 heteroatoms. The molecule has 0 radical (unpaired) electrons. The van der Waals surface area contributed by atoms with Crippen LogP contribution in [0.25, 0.3) is 0 Å². The molecular formula is C16H19FN4O2. The van der Waals surface area contributed by atoms with E-state index in [-0.39, 0.29) is 11.7 Å². The van der Waals surface area contributed by atoms with Crippen molar-refractivity contribution in [1.29, 1.82) is 0 Å². The average Bonchev–Trinajstić information content (AvgIpc) is 3.03. The Morgan fingerprint density at radius 2 is 2.22 bits per heavy atom. The van der Waals surface area contributed by atoms with Crippen molar-refractivity contribution in [2.24, 2.45) is 13.0 Å². The number of hydrogen-bond acceptors (Lipinski definition) is 4. The minimum atomic E-state index is -0.851. The Morgan fingerprint density at radius 3 is 2.83 bits per heavy atom. The van der Waals surface area contributed by atoms with Crippen LogP contribution in [-0.4, -0.2) is 43.8 Å². The molecule has 0 spiro atoms. The number of aliphatic carboxylic acids is 1. The fourth-order valence-corrected chi connectivity index (χ4v) is 3.23. The highest BCUT2D eigenvalue weighted by atomic mass is 19.1. The number of hydrogen-bond donors (Lipinski definition) is 1. The lowest BCUT2D eigenvalue weighted by Gasteiger charge is -2.15. The second-order valence-corrected chi connectivity index (χ2v) is 6.00. The summed E-state index contributed by atoms with van der Waals surface area (Å²) in [6, 6.07) is 6.21. The molecule has 0 aliphatic carbocycles. The number of carboxylic acids is 1. The van der Waals surface area contributed by atoms with Gasteiger partial charge in [-0.2, -0.15) is 5.10 Å². The van der Waals surface area contributed by atoms with Gasteiger partial charge >= 0.3 is 5.97 Å². The van der Waals surface area contributed by atoms with Gasteiger partial charge in [0.1, 0.15) is 17.5 Å². The van der Waals surface area contributed by atoms with E-state index in [9.17, 15) is 14.3 Å². The lowest BCUT2D eigenvalue weighted by molar-refractivity contribution is -0.141. The van der Waals surface area contributed by atoms with E-state index in [1.807, 2.05) is 18.9 Å². The predicted octanol–water partition coefficient (Wildman–Crippen LogP) is 1.56. The number of aromatic nitrogens is 3. The smallest absolute Gasteiger partial charge is 0.308 e. The van der Waals surface area contributed by atoms with Gasteiger partial charge in [0, 0.05) is 26.1 Å². The Balaban J connectivity index is 1.81. The molecule has 0 bridgehead atoms. The molecule has 1 N–H and O–H groups in total. The summed E-state index contributed by atoms with van der Waals surface area (Å²) in [5.74, 6) is -0.474. The van der Waals surface area contributed by atoms with Gasteiger partial charge in [-0.15, -0.1) is 0 Å². The van der Waals surface area contributed by atoms with E-state index in [0.717, 1.165) is 11.4 Å². The third-order valence-corrected chi connectivity index (χ3v) is 4.31. The maximum Gasteiger partial charge on any atom is 0.308 e. The molecule has 2 heterocycles. The van der Waals surface area contributed by atoms with E-state index in [4.69, 9.17) is 0 Å². The van der Waals surface area contributed by atoms with Crippen LogP contribution >= 0.6 is 0 Å². The monoisotopic (exact) mass is 318 g/mol. The number of halogens is 1. The van der Waals surface area contributed by atoms with Crippen LogP contribution < -0.4 is 0 Å². The number of rotatable bonds is 4. The van der Waals surface area contributed by atoms with Gasteiger partial charge in [0.15, 0.2) is 0 Å². The lowest BCUT2D eigenvalue weighted by atomic mass is 9.89. The summed E-state index contributed by atoms with van der Waals surface area (Å²) in [4.78, 5) is 18.0. The van der Waals surface area contributed by atoms with Gasteiger partial charge in [-0.25, -0.2) is 9.37 Å². The second-order valence-electron chi connectivity index (χ2n) is 6.00. The Bertz CT molecular complexity index is 731. The topological polar surface area (TPSA) is 71.2 Å². The lowest BCUT2D eigenvalue weighted by Crippen LogP contribution is -2.24. The van der Waals surface area contributed by atoms with Crippen LogP contribution in [0.1, 0.15) is 23.1 Å². The first-order valence-electron chi connectivity index (χ1n) is 7.51. The van der Waals surface area contributed by atoms with Crippen LogP contribution in [0.5, 0.6) is 0 Å². The Labute approximate surface area is 133 Å². The number of likely N-dealkylation sites (tertiary alicyclic amines) is 1. The van der Waals surface area contributed by atoms with Crippen molar-refractivity contribution in [1.82, 2.24) is 19.7 Å². The zero-order valence-electron chi connectivity index (χ0n) is 13.1. The molecule has 6 nitrogen and oxygen atoms in total. The van der Waals surface area contributed by atoms with Gasteiger partial charge in [-0.1, -0.05) is 12.1 Å². The van der Waals surface area contributed by atoms with Crippen molar-refractivity contribution in [3.05, 3.63) is 47.3 Å². The van der Waals surface area contributed by atoms with E-state index in [0.29, 0.717) is 25.5 Å². The fraction of sp³-hybridized carbons (Fsp3) is 0.438. The summed E-state index contributed by atoms with van der Waals surface area (Å²) in [5.41, 5.74) is 0.731. The van der Waals surface area contributed by atoms with Gasteiger partial charge in [0.25, 0.3) is 0 Å². The standard InChI is InChI=1S/C16H19FN4O2/c1-10-18-15(20(2)19-10)9-21-7-13(14(8-21)16(22)23)11-4-3-5-12(17)6-11/h3-6,13-14H,7-9H2,1-2H3,(H,22,23). The number of aryl methyl sites for hydroxylation is 2. The molecule has 1 fully saturated rings. The molecule has 2 aromatic rings. The SMILES string of the molecule is Cc1nc(CN2CC(C(=O)O)C(c3cccc(F)c3)C2)n(C)n1. The van der Waals surface area contributed by atoms with Crippen LogP contribution in [0.2, 0.25) is 0 Å². The summed E-state index contributed by atoms with van der Waals surface area (Å²) in [5, 5.41) is 13.7. The van der Waals surface area contributed by atoms with Crippen molar-refractivity contribution in [3.63, 3.8) is 0 Å². The van der Waals surface area contributed by atoms with Crippen molar-refractivity contribution in [2.45, 2.75) is 19.4 Å². The molecule has 1 saturated heterocycles. The third kappa shape index (κ3) is 3.24. The van der Waals surface area contributed by atoms with Gasteiger partial charge in [0.05, 0.1) is 12.5 Å². The van der Waals surface area contributed by atoms with Crippen LogP contribution in [0.15, 0.2) is 24.3 Å². The molecule has 1 aliphatic rings. The largest absolute Gasteiger partial charge is 0.481 e. The summed E-state index contributed by atoms with van der Waals surface area (Å²) in [6.07, 6.45) is 0. The highest BCUT2D eigenvalue weighted by Crippen LogP contribution is 2.33. The fourth-order valence-electron chi connectivity index (χ4n) is 3.23. The minimum absolute atomic E-state index is 0.225. The minimum Gasteiger partial charge on any atom is -0.481 e. The van der Waals surface area contributed by atoms with E-state index >= 15 is 0 Å². The first kappa shape index (κ1) is 15.6. The van der Waals surface area contributed by atoms with E-state index in [1.165, 1.54) is 12.1 Å². The van der Waals surface area contributed by atoms with E-state index in [2.05, 4.69) is 10.1 Å². The molecule has 122 valence electrons. The quantitative estimate of drug-likeness (QED) is 0.926. The normalized spacial score (nSPS) is 21.7. The number of carboxylic acid groups (broad SMARTS) is 1. The van der Waals surface area contributed by atoms with Gasteiger partial charge in [-0.05, 0) is 24.6 Å². The molecule has 3 rings (SSSR count). The summed E-state index contributed by atoms with van der Waals surface area (Å²) < 4.78 is 15.2. The van der Waals surface area contributed by atoms with Gasteiger partial charge in [0.2, 0.25) is 0 Å². The van der Waals surface area contributed by atoms with Crippen molar-refractivity contribution in [3.8, 4) is 0 Å². The summed E-state index contributed by atoms with van der Waals surface area (Å²) in [6.45, 7) is 3.34. The molecular weight excluding hydrogens is 299 g/mol. The Kier molecular flexibility index (Phi) is 4.12. The maximum absolute atomic E-state index is 13.5. The number of nitrogens with zero attached hydrogens (tertiary/aromatic N) is 4. The molecule has 0 saturated carbocycles. The predicted molar refractivity (Wildman–Crippen MR) is 81.3 cm³/mol. The molecule has 1 aromatic heterocycles. The van der Waals surface area contributed by atoms with Gasteiger partial charge in [-0.3, -0.25) is 14.4 Å². The van der Waals surface area contributed by atoms with Crippen molar-refractivity contribution >= 4 is 5.97 Å². The third-order valence-electron chi connectivity index (χ3n) is 4.31. The molecule has 1 aromatic carbocycles. The average molecular weight is 318 g/mol. The van der Waals surface area contributed by atoms with E-state index in [1.54, 1.807) is 16.8 Å². The zero-order chi connectivity index (χ0) is 16.6. The number of benzene rings is 1. The molecule has 0 amide bonds. The van der Waals surface area contributed by atoms with E-state index < -0.39 is 11.9 Å². The summed E-state index contributed by atoms with van der Waals surface area (Å²) in [7, 11) is 1.82. The first-order chi connectivity index (χ1) is 10.9. The van der Waals surface area contributed by atoms with Crippen LogP contribution in [0.3, 0.4) is 0 Å². The first-order valence-corrected chi connectivity index (χ1v) is 7.51. The van der Waals surface area contributed by atoms with Crippen molar-refractivity contribution < 1.29 is 14.3 Å². The molecule has 2 atom stereocenters. The Hall–Kier alpha value is -2.28. The summed E-state index contributed by atoms with van der Waals surface area (Å²) >= 11 is 0.